The highest BCUT2D eigenvalue weighted by Gasteiger charge is 2.14. The lowest BCUT2D eigenvalue weighted by Crippen LogP contribution is -2.36. The number of aryl methyl sites for hydroxylation is 1. The number of nitrogens with one attached hydrogen (secondary N) is 2. The number of morpholine rings is 1. The van der Waals surface area contributed by atoms with Crippen molar-refractivity contribution >= 4 is 28.0 Å². The largest absolute Gasteiger partial charge is 0.378 e. The van der Waals surface area contributed by atoms with E-state index in [4.69, 9.17) is 4.74 Å². The van der Waals surface area contributed by atoms with E-state index in [2.05, 4.69) is 37.4 Å². The van der Waals surface area contributed by atoms with Crippen molar-refractivity contribution in [3.63, 3.8) is 0 Å². The van der Waals surface area contributed by atoms with Crippen LogP contribution in [0.25, 0.3) is 21.9 Å². The van der Waals surface area contributed by atoms with Crippen molar-refractivity contribution in [3.8, 4) is 11.1 Å². The van der Waals surface area contributed by atoms with Crippen LogP contribution in [0.4, 0.5) is 17.2 Å². The molecule has 0 amide bonds. The van der Waals surface area contributed by atoms with E-state index in [1.807, 2.05) is 31.4 Å². The molecule has 0 aliphatic carbocycles. The Kier molecular flexibility index (Phi) is 4.68. The number of hydrogen-bond acceptors (Lipinski definition) is 6. The second kappa shape index (κ2) is 7.64. The summed E-state index contributed by atoms with van der Waals surface area (Å²) in [5, 5.41) is 8.89. The van der Waals surface area contributed by atoms with Gasteiger partial charge >= 0.3 is 0 Å². The summed E-state index contributed by atoms with van der Waals surface area (Å²) in [4.78, 5) is 22.3. The van der Waals surface area contributed by atoms with Gasteiger partial charge in [0.05, 0.1) is 24.8 Å². The number of fused-ring (bicyclic) bond motifs is 1. The van der Waals surface area contributed by atoms with Crippen molar-refractivity contribution in [2.45, 2.75) is 0 Å². The summed E-state index contributed by atoms with van der Waals surface area (Å²) in [6, 6.07) is 10.1. The monoisotopic (exact) mass is 402 g/mol. The van der Waals surface area contributed by atoms with Crippen molar-refractivity contribution in [2.75, 3.05) is 36.5 Å². The van der Waals surface area contributed by atoms with E-state index in [9.17, 15) is 4.79 Å². The Hall–Kier alpha value is -3.65. The first-order valence-electron chi connectivity index (χ1n) is 9.88. The number of nitrogens with zero attached hydrogens (tertiary/aromatic N) is 4. The first-order chi connectivity index (χ1) is 14.7. The maximum Gasteiger partial charge on any atom is 0.259 e. The minimum atomic E-state index is -0.182. The Morgan fingerprint density at radius 2 is 1.90 bits per heavy atom. The van der Waals surface area contributed by atoms with Gasteiger partial charge in [-0.15, -0.1) is 0 Å². The van der Waals surface area contributed by atoms with Crippen molar-refractivity contribution in [1.29, 1.82) is 0 Å². The molecule has 0 atom stereocenters. The van der Waals surface area contributed by atoms with Gasteiger partial charge in [0, 0.05) is 66.6 Å². The molecule has 8 heteroatoms. The quantitative estimate of drug-likeness (QED) is 0.546. The molecule has 4 heterocycles. The number of anilines is 3. The molecule has 0 unspecified atom stereocenters. The Balaban J connectivity index is 1.50. The Morgan fingerprint density at radius 1 is 1.10 bits per heavy atom. The highest BCUT2D eigenvalue weighted by Crippen LogP contribution is 2.31. The molecule has 1 aromatic carbocycles. The molecule has 1 aliphatic rings. The first-order valence-corrected chi connectivity index (χ1v) is 9.88. The molecule has 0 radical (unpaired) electrons. The average Bonchev–Trinajstić information content (AvgIpc) is 3.21. The fourth-order valence-corrected chi connectivity index (χ4v) is 3.80. The van der Waals surface area contributed by atoms with Crippen LogP contribution in [0.5, 0.6) is 0 Å². The number of pyridine rings is 2. The lowest BCUT2D eigenvalue weighted by atomic mass is 10.0. The highest BCUT2D eigenvalue weighted by molar-refractivity contribution is 6.01. The Labute approximate surface area is 173 Å². The van der Waals surface area contributed by atoms with Gasteiger partial charge in [0.25, 0.3) is 5.56 Å². The van der Waals surface area contributed by atoms with Gasteiger partial charge in [-0.2, -0.15) is 5.10 Å². The standard InChI is InChI=1S/C22H22N6O2/c1-27-14-15(12-25-27)19-13-24-21(20-18(19)6-7-23-22(20)29)26-16-2-4-17(5-3-16)28-8-10-30-11-9-28/h2-7,12-14H,8-11H2,1H3,(H,23,29)(H,24,26). The van der Waals surface area contributed by atoms with Crippen LogP contribution in [0.15, 0.2) is 59.9 Å². The molecule has 3 aromatic heterocycles. The van der Waals surface area contributed by atoms with Crippen LogP contribution in [0, 0.1) is 0 Å². The van der Waals surface area contributed by atoms with E-state index in [-0.39, 0.29) is 5.56 Å². The van der Waals surface area contributed by atoms with E-state index < -0.39 is 0 Å². The van der Waals surface area contributed by atoms with E-state index in [0.717, 1.165) is 54.2 Å². The summed E-state index contributed by atoms with van der Waals surface area (Å²) in [7, 11) is 1.86. The zero-order valence-electron chi connectivity index (χ0n) is 16.6. The van der Waals surface area contributed by atoms with Gasteiger partial charge in [-0.3, -0.25) is 9.48 Å². The van der Waals surface area contributed by atoms with Crippen LogP contribution in [-0.4, -0.2) is 46.1 Å². The van der Waals surface area contributed by atoms with Crippen LogP contribution in [0.1, 0.15) is 0 Å². The van der Waals surface area contributed by atoms with Crippen LogP contribution in [0.3, 0.4) is 0 Å². The molecular weight excluding hydrogens is 380 g/mol. The third-order valence-electron chi connectivity index (χ3n) is 5.33. The smallest absolute Gasteiger partial charge is 0.259 e. The molecule has 30 heavy (non-hydrogen) atoms. The molecule has 152 valence electrons. The molecule has 0 bridgehead atoms. The number of aromatic nitrogens is 4. The summed E-state index contributed by atoms with van der Waals surface area (Å²) in [6.45, 7) is 3.29. The summed E-state index contributed by atoms with van der Waals surface area (Å²) in [5.41, 5.74) is 3.64. The van der Waals surface area contributed by atoms with Gasteiger partial charge in [0.1, 0.15) is 5.82 Å². The maximum atomic E-state index is 12.7. The van der Waals surface area contributed by atoms with Crippen molar-refractivity contribution in [2.24, 2.45) is 7.05 Å². The summed E-state index contributed by atoms with van der Waals surface area (Å²) in [5.74, 6) is 0.526. The van der Waals surface area contributed by atoms with Gasteiger partial charge in [-0.1, -0.05) is 0 Å². The summed E-state index contributed by atoms with van der Waals surface area (Å²) in [6.07, 6.45) is 7.12. The molecule has 5 rings (SSSR count). The van der Waals surface area contributed by atoms with Gasteiger partial charge in [-0.25, -0.2) is 4.98 Å². The predicted octanol–water partition coefficient (Wildman–Crippen LogP) is 2.90. The summed E-state index contributed by atoms with van der Waals surface area (Å²) < 4.78 is 7.15. The Bertz CT molecular complexity index is 1240. The number of ether oxygens (including phenoxy) is 1. The van der Waals surface area contributed by atoms with Crippen molar-refractivity contribution < 1.29 is 4.74 Å². The maximum absolute atomic E-state index is 12.7. The fraction of sp³-hybridized carbons (Fsp3) is 0.227. The molecule has 1 fully saturated rings. The fourth-order valence-electron chi connectivity index (χ4n) is 3.80. The SMILES string of the molecule is Cn1cc(-c2cnc(Nc3ccc(N4CCOCC4)cc3)c3c(=O)[nH]ccc23)cn1. The lowest BCUT2D eigenvalue weighted by molar-refractivity contribution is 0.122. The number of hydrogen-bond donors (Lipinski definition) is 2. The molecule has 0 saturated carbocycles. The lowest BCUT2D eigenvalue weighted by Gasteiger charge is -2.28. The molecule has 8 nitrogen and oxygen atoms in total. The van der Waals surface area contributed by atoms with Crippen LogP contribution in [-0.2, 0) is 11.8 Å². The topological polar surface area (TPSA) is 88.1 Å². The van der Waals surface area contributed by atoms with E-state index in [1.165, 1.54) is 0 Å². The van der Waals surface area contributed by atoms with Crippen LogP contribution >= 0.6 is 0 Å². The zero-order chi connectivity index (χ0) is 20.5. The van der Waals surface area contributed by atoms with Crippen molar-refractivity contribution in [3.05, 3.63) is 65.5 Å². The number of benzene rings is 1. The molecule has 1 saturated heterocycles. The van der Waals surface area contributed by atoms with E-state index in [1.54, 1.807) is 23.3 Å². The molecule has 1 aliphatic heterocycles. The predicted molar refractivity (Wildman–Crippen MR) is 117 cm³/mol. The minimum Gasteiger partial charge on any atom is -0.378 e. The third-order valence-corrected chi connectivity index (χ3v) is 5.33. The highest BCUT2D eigenvalue weighted by atomic mass is 16.5. The zero-order valence-corrected chi connectivity index (χ0v) is 16.6. The molecule has 2 N–H and O–H groups in total. The van der Waals surface area contributed by atoms with E-state index >= 15 is 0 Å². The van der Waals surface area contributed by atoms with Crippen molar-refractivity contribution in [1.82, 2.24) is 19.7 Å². The minimum absolute atomic E-state index is 0.182. The average molecular weight is 402 g/mol. The van der Waals surface area contributed by atoms with E-state index in [0.29, 0.717) is 11.2 Å². The van der Waals surface area contributed by atoms with Crippen LogP contribution < -0.4 is 15.8 Å². The second-order valence-corrected chi connectivity index (χ2v) is 7.29. The summed E-state index contributed by atoms with van der Waals surface area (Å²) >= 11 is 0. The number of H-pyrrole nitrogens is 1. The normalized spacial score (nSPS) is 14.2. The molecule has 0 spiro atoms. The van der Waals surface area contributed by atoms with Gasteiger partial charge < -0.3 is 19.9 Å². The van der Waals surface area contributed by atoms with Gasteiger partial charge in [0.15, 0.2) is 0 Å². The van der Waals surface area contributed by atoms with Gasteiger partial charge in [0.2, 0.25) is 0 Å². The second-order valence-electron chi connectivity index (χ2n) is 7.29. The van der Waals surface area contributed by atoms with Crippen LogP contribution in [0.2, 0.25) is 0 Å². The number of aromatic amines is 1. The van der Waals surface area contributed by atoms with Gasteiger partial charge in [-0.05, 0) is 30.3 Å². The number of rotatable bonds is 4. The molecular formula is C22H22N6O2. The first kappa shape index (κ1) is 18.4. The third kappa shape index (κ3) is 3.42. The Morgan fingerprint density at radius 3 is 2.63 bits per heavy atom. The molecule has 4 aromatic rings.